The first kappa shape index (κ1) is 13.3. The number of rotatable bonds is 3. The summed E-state index contributed by atoms with van der Waals surface area (Å²) in [5, 5.41) is 1.08. The normalized spacial score (nSPS) is 10.5. The van der Waals surface area contributed by atoms with Crippen LogP contribution in [0.1, 0.15) is 21.6 Å². The van der Waals surface area contributed by atoms with Crippen LogP contribution in [0.4, 0.5) is 0 Å². The lowest BCUT2D eigenvalue weighted by molar-refractivity contribution is 0.0468. The van der Waals surface area contributed by atoms with E-state index in [0.717, 1.165) is 22.2 Å². The van der Waals surface area contributed by atoms with Crippen molar-refractivity contribution < 1.29 is 9.53 Å². The van der Waals surface area contributed by atoms with Gasteiger partial charge in [0.2, 0.25) is 0 Å². The molecule has 0 aliphatic heterocycles. The Hall–Kier alpha value is -2.68. The van der Waals surface area contributed by atoms with E-state index in [1.165, 1.54) is 0 Å². The number of para-hydroxylation sites is 1. The van der Waals surface area contributed by atoms with Crippen molar-refractivity contribution in [2.75, 3.05) is 0 Å². The molecule has 0 atom stereocenters. The van der Waals surface area contributed by atoms with E-state index in [1.54, 1.807) is 12.1 Å². The van der Waals surface area contributed by atoms with Crippen LogP contribution in [0.15, 0.2) is 60.7 Å². The van der Waals surface area contributed by atoms with E-state index in [9.17, 15) is 4.79 Å². The summed E-state index contributed by atoms with van der Waals surface area (Å²) in [4.78, 5) is 16.4. The first-order valence-electron chi connectivity index (χ1n) is 6.81. The predicted octanol–water partition coefficient (Wildman–Crippen LogP) is 3.90. The molecule has 0 fully saturated rings. The number of carbonyl (C=O) groups is 1. The van der Waals surface area contributed by atoms with Gasteiger partial charge in [-0.1, -0.05) is 42.0 Å². The fourth-order valence-electron chi connectivity index (χ4n) is 2.10. The highest BCUT2D eigenvalue weighted by Crippen LogP contribution is 2.13. The zero-order valence-electron chi connectivity index (χ0n) is 11.7. The Morgan fingerprint density at radius 2 is 1.76 bits per heavy atom. The van der Waals surface area contributed by atoms with Gasteiger partial charge in [0.15, 0.2) is 0 Å². The van der Waals surface area contributed by atoms with Crippen molar-refractivity contribution >= 4 is 16.9 Å². The maximum Gasteiger partial charge on any atom is 0.338 e. The highest BCUT2D eigenvalue weighted by atomic mass is 16.5. The molecule has 1 heterocycles. The van der Waals surface area contributed by atoms with E-state index in [1.807, 2.05) is 55.5 Å². The average molecular weight is 277 g/mol. The van der Waals surface area contributed by atoms with E-state index in [2.05, 4.69) is 4.98 Å². The second-order valence-electron chi connectivity index (χ2n) is 4.94. The predicted molar refractivity (Wildman–Crippen MR) is 82.0 cm³/mol. The number of hydrogen-bond acceptors (Lipinski definition) is 3. The van der Waals surface area contributed by atoms with Crippen molar-refractivity contribution in [3.8, 4) is 0 Å². The Labute approximate surface area is 123 Å². The molecule has 21 heavy (non-hydrogen) atoms. The van der Waals surface area contributed by atoms with E-state index in [0.29, 0.717) is 5.56 Å². The summed E-state index contributed by atoms with van der Waals surface area (Å²) < 4.78 is 5.30. The number of pyridine rings is 1. The Morgan fingerprint density at radius 1 is 1.00 bits per heavy atom. The van der Waals surface area contributed by atoms with Gasteiger partial charge < -0.3 is 4.74 Å². The lowest BCUT2D eigenvalue weighted by atomic mass is 10.1. The molecule has 0 radical (unpaired) electrons. The standard InChI is InChI=1S/C18H15NO2/c1-13-6-8-15(9-7-13)18(20)21-12-16-11-10-14-4-2-3-5-17(14)19-16/h2-11H,12H2,1H3. The van der Waals surface area contributed by atoms with Gasteiger partial charge in [-0.05, 0) is 31.2 Å². The van der Waals surface area contributed by atoms with Crippen LogP contribution in [0, 0.1) is 6.92 Å². The lowest BCUT2D eigenvalue weighted by Crippen LogP contribution is -2.06. The van der Waals surface area contributed by atoms with Gasteiger partial charge >= 0.3 is 5.97 Å². The number of aryl methyl sites for hydroxylation is 1. The third-order valence-electron chi connectivity index (χ3n) is 3.29. The van der Waals surface area contributed by atoms with Gasteiger partial charge in [0.05, 0.1) is 16.8 Å². The van der Waals surface area contributed by atoms with Crippen molar-refractivity contribution in [3.05, 3.63) is 77.5 Å². The largest absolute Gasteiger partial charge is 0.456 e. The van der Waals surface area contributed by atoms with Gasteiger partial charge in [-0.25, -0.2) is 9.78 Å². The van der Waals surface area contributed by atoms with E-state index in [4.69, 9.17) is 4.74 Å². The van der Waals surface area contributed by atoms with Crippen LogP contribution in [-0.2, 0) is 11.3 Å². The van der Waals surface area contributed by atoms with Crippen LogP contribution in [0.3, 0.4) is 0 Å². The van der Waals surface area contributed by atoms with Crippen molar-refractivity contribution in [1.29, 1.82) is 0 Å². The van der Waals surface area contributed by atoms with E-state index in [-0.39, 0.29) is 12.6 Å². The Morgan fingerprint density at radius 3 is 2.57 bits per heavy atom. The number of nitrogens with zero attached hydrogens (tertiary/aromatic N) is 1. The minimum absolute atomic E-state index is 0.178. The van der Waals surface area contributed by atoms with Crippen LogP contribution in [-0.4, -0.2) is 11.0 Å². The van der Waals surface area contributed by atoms with Crippen LogP contribution >= 0.6 is 0 Å². The Bertz CT molecular complexity index is 779. The topological polar surface area (TPSA) is 39.2 Å². The van der Waals surface area contributed by atoms with Gasteiger partial charge in [-0.3, -0.25) is 0 Å². The van der Waals surface area contributed by atoms with Crippen molar-refractivity contribution in [2.24, 2.45) is 0 Å². The number of benzene rings is 2. The zero-order chi connectivity index (χ0) is 14.7. The van der Waals surface area contributed by atoms with Gasteiger partial charge in [0.1, 0.15) is 6.61 Å². The molecule has 1 aromatic heterocycles. The SMILES string of the molecule is Cc1ccc(C(=O)OCc2ccc3ccccc3n2)cc1. The summed E-state index contributed by atoms with van der Waals surface area (Å²) in [5.74, 6) is -0.329. The molecule has 0 N–H and O–H groups in total. The van der Waals surface area contributed by atoms with E-state index < -0.39 is 0 Å². The summed E-state index contributed by atoms with van der Waals surface area (Å²) in [5.41, 5.74) is 3.32. The molecule has 0 amide bonds. The number of hydrogen-bond donors (Lipinski definition) is 0. The Kier molecular flexibility index (Phi) is 3.65. The smallest absolute Gasteiger partial charge is 0.338 e. The first-order chi connectivity index (χ1) is 10.2. The minimum atomic E-state index is -0.329. The fourth-order valence-corrected chi connectivity index (χ4v) is 2.10. The number of aromatic nitrogens is 1. The van der Waals surface area contributed by atoms with Gasteiger partial charge in [0.25, 0.3) is 0 Å². The first-order valence-corrected chi connectivity index (χ1v) is 6.81. The fraction of sp³-hybridized carbons (Fsp3) is 0.111. The van der Waals surface area contributed by atoms with Gasteiger partial charge in [-0.2, -0.15) is 0 Å². The van der Waals surface area contributed by atoms with Gasteiger partial charge in [-0.15, -0.1) is 0 Å². The summed E-state index contributed by atoms with van der Waals surface area (Å²) in [6.45, 7) is 2.16. The minimum Gasteiger partial charge on any atom is -0.456 e. The maximum absolute atomic E-state index is 11.9. The summed E-state index contributed by atoms with van der Waals surface area (Å²) in [6, 6.07) is 19.1. The molecule has 3 nitrogen and oxygen atoms in total. The van der Waals surface area contributed by atoms with E-state index >= 15 is 0 Å². The maximum atomic E-state index is 11.9. The second-order valence-corrected chi connectivity index (χ2v) is 4.94. The number of ether oxygens (including phenoxy) is 1. The molecular weight excluding hydrogens is 262 g/mol. The summed E-state index contributed by atoms with van der Waals surface area (Å²) in [6.07, 6.45) is 0. The number of fused-ring (bicyclic) bond motifs is 1. The molecule has 104 valence electrons. The lowest BCUT2D eigenvalue weighted by Gasteiger charge is -2.06. The molecule has 3 rings (SSSR count). The molecule has 0 aliphatic rings. The Balaban J connectivity index is 1.71. The van der Waals surface area contributed by atoms with Gasteiger partial charge in [0, 0.05) is 5.39 Å². The monoisotopic (exact) mass is 277 g/mol. The molecule has 2 aromatic carbocycles. The second kappa shape index (κ2) is 5.75. The summed E-state index contributed by atoms with van der Waals surface area (Å²) in [7, 11) is 0. The van der Waals surface area contributed by atoms with Crippen molar-refractivity contribution in [1.82, 2.24) is 4.98 Å². The highest BCUT2D eigenvalue weighted by molar-refractivity contribution is 5.89. The number of carbonyl (C=O) groups excluding carboxylic acids is 1. The van der Waals surface area contributed by atoms with Crippen LogP contribution < -0.4 is 0 Å². The molecule has 0 saturated heterocycles. The quantitative estimate of drug-likeness (QED) is 0.681. The molecule has 0 spiro atoms. The molecular formula is C18H15NO2. The highest BCUT2D eigenvalue weighted by Gasteiger charge is 2.07. The van der Waals surface area contributed by atoms with Crippen LogP contribution in [0.25, 0.3) is 10.9 Å². The molecule has 3 aromatic rings. The average Bonchev–Trinajstić information content (AvgIpc) is 2.53. The van der Waals surface area contributed by atoms with Crippen LogP contribution in [0.5, 0.6) is 0 Å². The van der Waals surface area contributed by atoms with Crippen LogP contribution in [0.2, 0.25) is 0 Å². The third-order valence-corrected chi connectivity index (χ3v) is 3.29. The number of esters is 1. The molecule has 0 unspecified atom stereocenters. The van der Waals surface area contributed by atoms with Crippen molar-refractivity contribution in [3.63, 3.8) is 0 Å². The van der Waals surface area contributed by atoms with Crippen molar-refractivity contribution in [2.45, 2.75) is 13.5 Å². The molecule has 0 bridgehead atoms. The molecule has 0 saturated carbocycles. The zero-order valence-corrected chi connectivity index (χ0v) is 11.7. The molecule has 3 heteroatoms. The molecule has 0 aliphatic carbocycles. The third kappa shape index (κ3) is 3.08. The summed E-state index contributed by atoms with van der Waals surface area (Å²) >= 11 is 0.